The van der Waals surface area contributed by atoms with Crippen LogP contribution in [0.2, 0.25) is 0 Å². The largest absolute Gasteiger partial charge is 0.378 e. The lowest BCUT2D eigenvalue weighted by molar-refractivity contribution is 0.0251. The summed E-state index contributed by atoms with van der Waals surface area (Å²) in [4.78, 5) is 4.46. The molecule has 1 fully saturated rings. The second kappa shape index (κ2) is 7.96. The van der Waals surface area contributed by atoms with Gasteiger partial charge in [0.1, 0.15) is 5.82 Å². The van der Waals surface area contributed by atoms with Crippen LogP contribution in [0.25, 0.3) is 0 Å². The summed E-state index contributed by atoms with van der Waals surface area (Å²) < 4.78 is 6.93. The van der Waals surface area contributed by atoms with Crippen LogP contribution in [0.1, 0.15) is 37.8 Å². The summed E-state index contributed by atoms with van der Waals surface area (Å²) in [7, 11) is 0. The highest BCUT2D eigenvalue weighted by Gasteiger charge is 2.18. The highest BCUT2D eigenvalue weighted by Crippen LogP contribution is 2.20. The zero-order valence-electron chi connectivity index (χ0n) is 12.1. The molecule has 0 aliphatic heterocycles. The molecule has 3 N–H and O–H groups in total. The third kappa shape index (κ3) is 5.04. The lowest BCUT2D eigenvalue weighted by atomic mass is 9.94. The lowest BCUT2D eigenvalue weighted by Gasteiger charge is -2.26. The van der Waals surface area contributed by atoms with Crippen molar-refractivity contribution in [2.45, 2.75) is 51.2 Å². The van der Waals surface area contributed by atoms with Crippen LogP contribution in [-0.2, 0) is 4.74 Å². The number of anilines is 1. The number of hydrogen-bond donors (Lipinski definition) is 2. The third-order valence-corrected chi connectivity index (χ3v) is 4.56. The van der Waals surface area contributed by atoms with Crippen LogP contribution in [0.5, 0.6) is 0 Å². The molecule has 0 saturated heterocycles. The molecule has 1 aromatic rings. The normalized spacial score (nSPS) is 22.8. The van der Waals surface area contributed by atoms with E-state index in [0.29, 0.717) is 12.1 Å². The number of aromatic nitrogens is 1. The molecular formula is C15H24BrN3O. The first-order chi connectivity index (χ1) is 9.65. The van der Waals surface area contributed by atoms with Gasteiger partial charge < -0.3 is 15.8 Å². The molecule has 0 spiro atoms. The van der Waals surface area contributed by atoms with E-state index in [1.807, 2.05) is 19.1 Å². The molecule has 0 atom stereocenters. The van der Waals surface area contributed by atoms with Crippen LogP contribution in [0, 0.1) is 6.92 Å². The number of ether oxygens (including phenoxy) is 1. The predicted molar refractivity (Wildman–Crippen MR) is 86.0 cm³/mol. The molecule has 1 aromatic heterocycles. The van der Waals surface area contributed by atoms with Crippen molar-refractivity contribution in [3.05, 3.63) is 22.3 Å². The Balaban J connectivity index is 1.58. The van der Waals surface area contributed by atoms with Gasteiger partial charge in [0.2, 0.25) is 0 Å². The standard InChI is InChI=1S/C15H24BrN3O/c1-11-14(16)7-8-15(19-11)18-9-2-10-20-13-5-3-12(17)4-6-13/h7-8,12-13H,2-6,9-10,17H2,1H3,(H,18,19). The fraction of sp³-hybridized carbons (Fsp3) is 0.667. The molecule has 0 bridgehead atoms. The molecule has 1 saturated carbocycles. The molecule has 0 aromatic carbocycles. The van der Waals surface area contributed by atoms with E-state index in [1.165, 1.54) is 0 Å². The van der Waals surface area contributed by atoms with Gasteiger partial charge in [0.15, 0.2) is 0 Å². The zero-order chi connectivity index (χ0) is 14.4. The molecule has 5 heteroatoms. The van der Waals surface area contributed by atoms with Gasteiger partial charge in [0.05, 0.1) is 11.8 Å². The second-order valence-corrected chi connectivity index (χ2v) is 6.31. The molecule has 1 heterocycles. The van der Waals surface area contributed by atoms with Crippen molar-refractivity contribution in [1.29, 1.82) is 0 Å². The summed E-state index contributed by atoms with van der Waals surface area (Å²) in [6, 6.07) is 4.40. The van der Waals surface area contributed by atoms with Crippen molar-refractivity contribution in [3.8, 4) is 0 Å². The average molecular weight is 342 g/mol. The Kier molecular flexibility index (Phi) is 6.26. The van der Waals surface area contributed by atoms with E-state index in [4.69, 9.17) is 10.5 Å². The molecule has 1 aliphatic rings. The van der Waals surface area contributed by atoms with Crippen LogP contribution in [-0.4, -0.2) is 30.3 Å². The fourth-order valence-corrected chi connectivity index (χ4v) is 2.66. The van der Waals surface area contributed by atoms with Gasteiger partial charge in [0, 0.05) is 23.7 Å². The van der Waals surface area contributed by atoms with Crippen LogP contribution >= 0.6 is 15.9 Å². The summed E-state index contributed by atoms with van der Waals surface area (Å²) in [6.07, 6.45) is 5.85. The van der Waals surface area contributed by atoms with Gasteiger partial charge in [-0.3, -0.25) is 0 Å². The van der Waals surface area contributed by atoms with Crippen LogP contribution in [0.3, 0.4) is 0 Å². The first kappa shape index (κ1) is 15.7. The van der Waals surface area contributed by atoms with E-state index in [2.05, 4.69) is 26.2 Å². The SMILES string of the molecule is Cc1nc(NCCCOC2CCC(N)CC2)ccc1Br. The maximum atomic E-state index is 5.89. The van der Waals surface area contributed by atoms with E-state index in [0.717, 1.165) is 61.2 Å². The number of halogens is 1. The van der Waals surface area contributed by atoms with Gasteiger partial charge in [-0.25, -0.2) is 4.98 Å². The van der Waals surface area contributed by atoms with Crippen LogP contribution in [0.4, 0.5) is 5.82 Å². The van der Waals surface area contributed by atoms with E-state index in [-0.39, 0.29) is 0 Å². The molecule has 112 valence electrons. The van der Waals surface area contributed by atoms with Gasteiger partial charge in [-0.2, -0.15) is 0 Å². The number of rotatable bonds is 6. The van der Waals surface area contributed by atoms with Crippen molar-refractivity contribution in [3.63, 3.8) is 0 Å². The number of nitrogens with two attached hydrogens (primary N) is 1. The highest BCUT2D eigenvalue weighted by atomic mass is 79.9. The van der Waals surface area contributed by atoms with Crippen LogP contribution in [0.15, 0.2) is 16.6 Å². The molecule has 20 heavy (non-hydrogen) atoms. The number of aryl methyl sites for hydroxylation is 1. The first-order valence-electron chi connectivity index (χ1n) is 7.39. The topological polar surface area (TPSA) is 60.2 Å². The van der Waals surface area contributed by atoms with Crippen molar-refractivity contribution >= 4 is 21.7 Å². The van der Waals surface area contributed by atoms with Gasteiger partial charge in [-0.1, -0.05) is 0 Å². The summed E-state index contributed by atoms with van der Waals surface area (Å²) in [5.74, 6) is 0.925. The Morgan fingerprint density at radius 3 is 2.80 bits per heavy atom. The maximum Gasteiger partial charge on any atom is 0.126 e. The number of pyridine rings is 1. The van der Waals surface area contributed by atoms with Gasteiger partial charge in [0.25, 0.3) is 0 Å². The zero-order valence-corrected chi connectivity index (χ0v) is 13.7. The van der Waals surface area contributed by atoms with Crippen molar-refractivity contribution < 1.29 is 4.74 Å². The first-order valence-corrected chi connectivity index (χ1v) is 8.18. The Hall–Kier alpha value is -0.650. The molecule has 0 unspecified atom stereocenters. The third-order valence-electron chi connectivity index (χ3n) is 3.72. The smallest absolute Gasteiger partial charge is 0.126 e. The molecule has 2 rings (SSSR count). The summed E-state index contributed by atoms with van der Waals surface area (Å²) in [6.45, 7) is 3.69. The van der Waals surface area contributed by atoms with Crippen molar-refractivity contribution in [2.75, 3.05) is 18.5 Å². The van der Waals surface area contributed by atoms with Gasteiger partial charge in [-0.15, -0.1) is 0 Å². The second-order valence-electron chi connectivity index (χ2n) is 5.45. The van der Waals surface area contributed by atoms with E-state index in [1.54, 1.807) is 0 Å². The van der Waals surface area contributed by atoms with E-state index in [9.17, 15) is 0 Å². The van der Waals surface area contributed by atoms with Crippen molar-refractivity contribution in [1.82, 2.24) is 4.98 Å². The van der Waals surface area contributed by atoms with Crippen molar-refractivity contribution in [2.24, 2.45) is 5.73 Å². The Morgan fingerprint density at radius 2 is 2.10 bits per heavy atom. The maximum absolute atomic E-state index is 5.89. The van der Waals surface area contributed by atoms with Gasteiger partial charge in [-0.05, 0) is 67.1 Å². The monoisotopic (exact) mass is 341 g/mol. The molecule has 1 aliphatic carbocycles. The molecular weight excluding hydrogens is 318 g/mol. The predicted octanol–water partition coefficient (Wildman–Crippen LogP) is 3.24. The van der Waals surface area contributed by atoms with Crippen LogP contribution < -0.4 is 11.1 Å². The summed E-state index contributed by atoms with van der Waals surface area (Å²) in [5, 5.41) is 3.33. The molecule has 0 radical (unpaired) electrons. The fourth-order valence-electron chi connectivity index (χ4n) is 2.44. The molecule has 0 amide bonds. The highest BCUT2D eigenvalue weighted by molar-refractivity contribution is 9.10. The van der Waals surface area contributed by atoms with Gasteiger partial charge >= 0.3 is 0 Å². The van der Waals surface area contributed by atoms with E-state index < -0.39 is 0 Å². The minimum absolute atomic E-state index is 0.392. The van der Waals surface area contributed by atoms with E-state index >= 15 is 0 Å². The average Bonchev–Trinajstić information content (AvgIpc) is 2.44. The summed E-state index contributed by atoms with van der Waals surface area (Å²) in [5.41, 5.74) is 6.89. The summed E-state index contributed by atoms with van der Waals surface area (Å²) >= 11 is 3.45. The Labute approximate surface area is 129 Å². The number of hydrogen-bond acceptors (Lipinski definition) is 4. The Morgan fingerprint density at radius 1 is 1.35 bits per heavy atom. The molecule has 4 nitrogen and oxygen atoms in total. The quantitative estimate of drug-likeness (QED) is 0.779. The number of nitrogens with zero attached hydrogens (tertiary/aromatic N) is 1. The minimum atomic E-state index is 0.392. The Bertz CT molecular complexity index is 420. The number of nitrogens with one attached hydrogen (secondary N) is 1. The minimum Gasteiger partial charge on any atom is -0.378 e. The lowest BCUT2D eigenvalue weighted by Crippen LogP contribution is -2.30.